The molecule has 3 aromatic heterocycles. The van der Waals surface area contributed by atoms with Crippen LogP contribution < -0.4 is 10.6 Å². The van der Waals surface area contributed by atoms with Crippen LogP contribution >= 0.6 is 0 Å². The van der Waals surface area contributed by atoms with Gasteiger partial charge in [-0.3, -0.25) is 14.5 Å². The Kier molecular flexibility index (Phi) is 5.87. The first-order chi connectivity index (χ1) is 18.6. The number of nitrogens with zero attached hydrogens (tertiary/aromatic N) is 5. The molecular formula is C29H28N6O3S. The van der Waals surface area contributed by atoms with Gasteiger partial charge in [-0.05, 0) is 61.2 Å². The summed E-state index contributed by atoms with van der Waals surface area (Å²) in [4.78, 5) is 24.6. The predicted octanol–water partition coefficient (Wildman–Crippen LogP) is 4.54. The number of nitrogen functional groups attached to an aromatic ring is 1. The summed E-state index contributed by atoms with van der Waals surface area (Å²) >= 11 is 0. The normalized spacial score (nSPS) is 13.7. The fourth-order valence-electron chi connectivity index (χ4n) is 5.00. The summed E-state index contributed by atoms with van der Waals surface area (Å²) in [6.07, 6.45) is 6.65. The minimum absolute atomic E-state index is 0.0955. The average Bonchev–Trinajstić information content (AvgIpc) is 3.68. The number of nitrogens with two attached hydrogens (primary N) is 1. The Balaban J connectivity index is 1.46. The molecule has 3 heterocycles. The minimum atomic E-state index is -3.63. The van der Waals surface area contributed by atoms with Crippen LogP contribution in [0.15, 0.2) is 65.8 Å². The number of hydrogen-bond donors (Lipinski definition) is 1. The Labute approximate surface area is 226 Å². The third-order valence-electron chi connectivity index (χ3n) is 7.19. The average molecular weight is 541 g/mol. The Morgan fingerprint density at radius 1 is 1.08 bits per heavy atom. The van der Waals surface area contributed by atoms with Crippen molar-refractivity contribution in [2.45, 2.75) is 37.1 Å². The smallest absolute Gasteiger partial charge is 0.260 e. The summed E-state index contributed by atoms with van der Waals surface area (Å²) in [7, 11) is -1.78. The van der Waals surface area contributed by atoms with E-state index in [9.17, 15) is 13.2 Å². The molecule has 0 saturated heterocycles. The SMILES string of the molecule is Cc1ccc(N(Cc2ccc3c(c2)nc(N)c2cnn(C)c23)C(=O)c2ccc(C3CC3)nc2)c(S(C)(=O)=O)c1. The molecule has 10 heteroatoms. The molecular weight excluding hydrogens is 512 g/mol. The number of benzene rings is 2. The summed E-state index contributed by atoms with van der Waals surface area (Å²) in [5, 5.41) is 5.97. The van der Waals surface area contributed by atoms with Gasteiger partial charge >= 0.3 is 0 Å². The number of carbonyl (C=O) groups excluding carboxylic acids is 1. The van der Waals surface area contributed by atoms with Crippen molar-refractivity contribution in [2.24, 2.45) is 7.05 Å². The van der Waals surface area contributed by atoms with Crippen LogP contribution in [0.1, 0.15) is 45.9 Å². The third kappa shape index (κ3) is 4.61. The van der Waals surface area contributed by atoms with Crippen LogP contribution in [0.3, 0.4) is 0 Å². The largest absolute Gasteiger partial charge is 0.383 e. The summed E-state index contributed by atoms with van der Waals surface area (Å²) in [5.41, 5.74) is 11.0. The van der Waals surface area contributed by atoms with E-state index < -0.39 is 9.84 Å². The van der Waals surface area contributed by atoms with E-state index >= 15 is 0 Å². The van der Waals surface area contributed by atoms with E-state index in [2.05, 4.69) is 15.1 Å². The van der Waals surface area contributed by atoms with Gasteiger partial charge in [0.15, 0.2) is 9.84 Å². The molecule has 39 heavy (non-hydrogen) atoms. The maximum Gasteiger partial charge on any atom is 0.260 e. The topological polar surface area (TPSA) is 124 Å². The fraction of sp³-hybridized carbons (Fsp3) is 0.241. The lowest BCUT2D eigenvalue weighted by Gasteiger charge is -2.25. The van der Waals surface area contributed by atoms with Crippen LogP contribution in [0.25, 0.3) is 21.8 Å². The Hall–Kier alpha value is -4.31. The second-order valence-corrected chi connectivity index (χ2v) is 12.2. The number of pyridine rings is 2. The van der Waals surface area contributed by atoms with Crippen LogP contribution in [-0.2, 0) is 23.4 Å². The number of amides is 1. The highest BCUT2D eigenvalue weighted by Gasteiger charge is 2.27. The van der Waals surface area contributed by atoms with E-state index in [1.807, 2.05) is 38.2 Å². The molecule has 1 aliphatic rings. The molecule has 0 atom stereocenters. The molecule has 0 spiro atoms. The summed E-state index contributed by atoms with van der Waals surface area (Å²) in [6, 6.07) is 14.5. The van der Waals surface area contributed by atoms with E-state index in [-0.39, 0.29) is 17.3 Å². The molecule has 0 radical (unpaired) electrons. The van der Waals surface area contributed by atoms with Gasteiger partial charge in [-0.15, -0.1) is 0 Å². The molecule has 5 aromatic rings. The van der Waals surface area contributed by atoms with E-state index in [1.165, 1.54) is 4.90 Å². The van der Waals surface area contributed by atoms with Gasteiger partial charge in [0.1, 0.15) is 5.82 Å². The van der Waals surface area contributed by atoms with Crippen LogP contribution in [0, 0.1) is 6.92 Å². The standard InChI is InChI=1S/C29H28N6O3S/c1-17-4-11-25(26(12-17)39(3,37)38)35(29(36)20-8-10-23(31-14-20)19-6-7-19)16-18-5-9-21-24(13-18)33-28(30)22-15-32-34(2)27(21)22/h4-5,8-15,19H,6-7,16H2,1-3H3,(H2,30,33). The summed E-state index contributed by atoms with van der Waals surface area (Å²) in [5.74, 6) is 0.492. The van der Waals surface area contributed by atoms with Gasteiger partial charge in [-0.2, -0.15) is 5.10 Å². The molecule has 2 aromatic carbocycles. The van der Waals surface area contributed by atoms with E-state index in [0.29, 0.717) is 28.5 Å². The molecule has 0 aliphatic heterocycles. The lowest BCUT2D eigenvalue weighted by atomic mass is 10.1. The number of rotatable bonds is 6. The van der Waals surface area contributed by atoms with Gasteiger partial charge < -0.3 is 10.6 Å². The van der Waals surface area contributed by atoms with Crippen LogP contribution in [0.2, 0.25) is 0 Å². The highest BCUT2D eigenvalue weighted by atomic mass is 32.2. The number of fused-ring (bicyclic) bond motifs is 3. The van der Waals surface area contributed by atoms with Gasteiger partial charge in [-0.1, -0.05) is 18.2 Å². The Bertz CT molecular complexity index is 1880. The van der Waals surface area contributed by atoms with Crippen molar-refractivity contribution >= 4 is 49.1 Å². The van der Waals surface area contributed by atoms with E-state index in [1.54, 1.807) is 41.3 Å². The molecule has 9 nitrogen and oxygen atoms in total. The zero-order chi connectivity index (χ0) is 27.5. The first kappa shape index (κ1) is 25.0. The second-order valence-electron chi connectivity index (χ2n) is 10.3. The van der Waals surface area contributed by atoms with Crippen molar-refractivity contribution in [3.8, 4) is 0 Å². The lowest BCUT2D eigenvalue weighted by Crippen LogP contribution is -2.32. The lowest BCUT2D eigenvalue weighted by molar-refractivity contribution is 0.0984. The molecule has 1 amide bonds. The highest BCUT2D eigenvalue weighted by Crippen LogP contribution is 2.39. The zero-order valence-corrected chi connectivity index (χ0v) is 22.7. The van der Waals surface area contributed by atoms with Crippen LogP contribution in [0.5, 0.6) is 0 Å². The fourth-order valence-corrected chi connectivity index (χ4v) is 5.96. The second kappa shape index (κ2) is 9.16. The van der Waals surface area contributed by atoms with Crippen LogP contribution in [-0.4, -0.2) is 40.3 Å². The van der Waals surface area contributed by atoms with Gasteiger partial charge in [0, 0.05) is 36.5 Å². The van der Waals surface area contributed by atoms with Crippen molar-refractivity contribution < 1.29 is 13.2 Å². The maximum absolute atomic E-state index is 14.0. The third-order valence-corrected chi connectivity index (χ3v) is 8.32. The molecule has 0 bridgehead atoms. The monoisotopic (exact) mass is 540 g/mol. The number of hydrogen-bond acceptors (Lipinski definition) is 7. The van der Waals surface area contributed by atoms with E-state index in [0.717, 1.165) is 52.2 Å². The van der Waals surface area contributed by atoms with Gasteiger partial charge in [0.05, 0.1) is 45.3 Å². The molecule has 0 unspecified atom stereocenters. The van der Waals surface area contributed by atoms with Gasteiger partial charge in [0.25, 0.3) is 5.91 Å². The number of anilines is 2. The van der Waals surface area contributed by atoms with E-state index in [4.69, 9.17) is 5.73 Å². The van der Waals surface area contributed by atoms with Gasteiger partial charge in [0.2, 0.25) is 0 Å². The number of carbonyl (C=O) groups is 1. The number of sulfone groups is 1. The minimum Gasteiger partial charge on any atom is -0.383 e. The molecule has 1 aliphatic carbocycles. The first-order valence-corrected chi connectivity index (χ1v) is 14.6. The van der Waals surface area contributed by atoms with Crippen molar-refractivity contribution in [1.82, 2.24) is 19.7 Å². The summed E-state index contributed by atoms with van der Waals surface area (Å²) in [6.45, 7) is 1.94. The van der Waals surface area contributed by atoms with Crippen molar-refractivity contribution in [1.29, 1.82) is 0 Å². The number of aryl methyl sites for hydroxylation is 2. The molecule has 6 rings (SSSR count). The predicted molar refractivity (Wildman–Crippen MR) is 151 cm³/mol. The molecule has 198 valence electrons. The van der Waals surface area contributed by atoms with Crippen molar-refractivity contribution in [3.63, 3.8) is 0 Å². The van der Waals surface area contributed by atoms with Crippen molar-refractivity contribution in [3.05, 3.63) is 83.3 Å². The summed E-state index contributed by atoms with van der Waals surface area (Å²) < 4.78 is 27.4. The molecule has 2 N–H and O–H groups in total. The van der Waals surface area contributed by atoms with Crippen LogP contribution in [0.4, 0.5) is 11.5 Å². The first-order valence-electron chi connectivity index (χ1n) is 12.7. The highest BCUT2D eigenvalue weighted by molar-refractivity contribution is 7.90. The van der Waals surface area contributed by atoms with Crippen molar-refractivity contribution in [2.75, 3.05) is 16.9 Å². The maximum atomic E-state index is 14.0. The Morgan fingerprint density at radius 3 is 2.56 bits per heavy atom. The quantitative estimate of drug-likeness (QED) is 0.335. The number of aromatic nitrogens is 4. The molecule has 1 saturated carbocycles. The Morgan fingerprint density at radius 2 is 1.87 bits per heavy atom. The van der Waals surface area contributed by atoms with Gasteiger partial charge in [-0.25, -0.2) is 13.4 Å². The molecule has 1 fully saturated rings. The zero-order valence-electron chi connectivity index (χ0n) is 21.9.